The van der Waals surface area contributed by atoms with Crippen molar-refractivity contribution in [2.24, 2.45) is 5.41 Å². The first kappa shape index (κ1) is 11.1. The molecule has 1 aliphatic rings. The van der Waals surface area contributed by atoms with Crippen molar-refractivity contribution >= 4 is 5.78 Å². The Kier molecular flexibility index (Phi) is 2.71. The van der Waals surface area contributed by atoms with Crippen LogP contribution in [-0.4, -0.2) is 5.78 Å². The summed E-state index contributed by atoms with van der Waals surface area (Å²) in [7, 11) is 0. The standard InChI is InChI=1S/C15H18O/c1-11(2)10-15(3)9-8-12-6-4-5-7-13(12)14(15)16/h4-7H,1,8-10H2,2-3H3/t15-/m1/s1. The Labute approximate surface area is 97.2 Å². The Hall–Kier alpha value is -1.37. The minimum atomic E-state index is -0.236. The van der Waals surface area contributed by atoms with Gasteiger partial charge in [0.2, 0.25) is 0 Å². The van der Waals surface area contributed by atoms with E-state index in [0.29, 0.717) is 0 Å². The van der Waals surface area contributed by atoms with Crippen molar-refractivity contribution in [1.82, 2.24) is 0 Å². The first-order valence-electron chi connectivity index (χ1n) is 5.80. The predicted octanol–water partition coefficient (Wildman–Crippen LogP) is 3.79. The van der Waals surface area contributed by atoms with Crippen molar-refractivity contribution in [2.75, 3.05) is 0 Å². The number of carbonyl (C=O) groups excluding carboxylic acids is 1. The van der Waals surface area contributed by atoms with E-state index >= 15 is 0 Å². The average molecular weight is 214 g/mol. The van der Waals surface area contributed by atoms with Crippen LogP contribution in [0.4, 0.5) is 0 Å². The van der Waals surface area contributed by atoms with Gasteiger partial charge in [-0.05, 0) is 31.7 Å². The van der Waals surface area contributed by atoms with E-state index in [1.165, 1.54) is 5.56 Å². The van der Waals surface area contributed by atoms with E-state index in [9.17, 15) is 4.79 Å². The van der Waals surface area contributed by atoms with E-state index in [1.807, 2.05) is 25.1 Å². The molecular weight excluding hydrogens is 196 g/mol. The van der Waals surface area contributed by atoms with Crippen LogP contribution in [0.3, 0.4) is 0 Å². The number of aryl methyl sites for hydroxylation is 1. The van der Waals surface area contributed by atoms with Crippen LogP contribution in [0.15, 0.2) is 36.4 Å². The number of benzene rings is 1. The minimum Gasteiger partial charge on any atom is -0.294 e. The summed E-state index contributed by atoms with van der Waals surface area (Å²) in [4.78, 5) is 12.4. The highest BCUT2D eigenvalue weighted by Gasteiger charge is 2.37. The molecule has 0 unspecified atom stereocenters. The van der Waals surface area contributed by atoms with E-state index in [-0.39, 0.29) is 11.2 Å². The Morgan fingerprint density at radius 2 is 2.12 bits per heavy atom. The largest absolute Gasteiger partial charge is 0.294 e. The van der Waals surface area contributed by atoms with E-state index in [1.54, 1.807) is 0 Å². The fourth-order valence-corrected chi connectivity index (χ4v) is 2.64. The van der Waals surface area contributed by atoms with Gasteiger partial charge in [0.05, 0.1) is 0 Å². The summed E-state index contributed by atoms with van der Waals surface area (Å²) < 4.78 is 0. The molecule has 0 fully saturated rings. The van der Waals surface area contributed by atoms with E-state index in [4.69, 9.17) is 0 Å². The van der Waals surface area contributed by atoms with Crippen LogP contribution < -0.4 is 0 Å². The number of hydrogen-bond acceptors (Lipinski definition) is 1. The number of Topliss-reactive ketones (excluding diaryl/α,β-unsaturated/α-hetero) is 1. The van der Waals surface area contributed by atoms with E-state index in [0.717, 1.165) is 30.4 Å². The number of fused-ring (bicyclic) bond motifs is 1. The molecule has 1 aromatic carbocycles. The molecule has 0 aromatic heterocycles. The molecule has 1 atom stereocenters. The molecular formula is C15H18O. The third kappa shape index (κ3) is 1.82. The molecule has 0 radical (unpaired) electrons. The lowest BCUT2D eigenvalue weighted by Crippen LogP contribution is -2.33. The molecule has 0 N–H and O–H groups in total. The lowest BCUT2D eigenvalue weighted by Gasteiger charge is -2.33. The summed E-state index contributed by atoms with van der Waals surface area (Å²) in [6.07, 6.45) is 2.75. The SMILES string of the molecule is C=C(C)C[C@@]1(C)CCc2ccccc2C1=O. The van der Waals surface area contributed by atoms with Crippen LogP contribution in [0.1, 0.15) is 42.6 Å². The summed E-state index contributed by atoms with van der Waals surface area (Å²) in [5, 5.41) is 0. The monoisotopic (exact) mass is 214 g/mol. The van der Waals surface area contributed by atoms with Crippen LogP contribution in [-0.2, 0) is 6.42 Å². The fourth-order valence-electron chi connectivity index (χ4n) is 2.64. The van der Waals surface area contributed by atoms with Gasteiger partial charge < -0.3 is 0 Å². The Bertz CT molecular complexity index is 445. The highest BCUT2D eigenvalue weighted by molar-refractivity contribution is 6.02. The quantitative estimate of drug-likeness (QED) is 0.684. The van der Waals surface area contributed by atoms with Crippen LogP contribution >= 0.6 is 0 Å². The van der Waals surface area contributed by atoms with Gasteiger partial charge in [0.1, 0.15) is 0 Å². The Morgan fingerprint density at radius 1 is 1.44 bits per heavy atom. The summed E-state index contributed by atoms with van der Waals surface area (Å²) >= 11 is 0. The second kappa shape index (κ2) is 3.89. The van der Waals surface area contributed by atoms with Crippen molar-refractivity contribution in [1.29, 1.82) is 0 Å². The van der Waals surface area contributed by atoms with Gasteiger partial charge in [-0.1, -0.05) is 36.8 Å². The Morgan fingerprint density at radius 3 is 2.81 bits per heavy atom. The molecule has 1 aromatic rings. The topological polar surface area (TPSA) is 17.1 Å². The van der Waals surface area contributed by atoms with Gasteiger partial charge in [0.15, 0.2) is 5.78 Å². The molecule has 0 bridgehead atoms. The first-order chi connectivity index (χ1) is 7.53. The zero-order valence-corrected chi connectivity index (χ0v) is 10.0. The number of carbonyl (C=O) groups is 1. The predicted molar refractivity (Wildman–Crippen MR) is 66.6 cm³/mol. The molecule has 0 saturated carbocycles. The van der Waals surface area contributed by atoms with Gasteiger partial charge in [0, 0.05) is 11.0 Å². The number of rotatable bonds is 2. The lowest BCUT2D eigenvalue weighted by atomic mass is 9.69. The zero-order chi connectivity index (χ0) is 11.8. The van der Waals surface area contributed by atoms with E-state index in [2.05, 4.69) is 19.6 Å². The molecule has 0 aliphatic heterocycles. The highest BCUT2D eigenvalue weighted by Crippen LogP contribution is 2.39. The average Bonchev–Trinajstić information content (AvgIpc) is 2.24. The molecule has 0 amide bonds. The summed E-state index contributed by atoms with van der Waals surface area (Å²) in [5.74, 6) is 0.289. The van der Waals surface area contributed by atoms with Gasteiger partial charge in [-0.2, -0.15) is 0 Å². The number of hydrogen-bond donors (Lipinski definition) is 0. The molecule has 84 valence electrons. The third-order valence-electron chi connectivity index (χ3n) is 3.45. The van der Waals surface area contributed by atoms with Gasteiger partial charge in [-0.3, -0.25) is 4.79 Å². The maximum Gasteiger partial charge on any atom is 0.169 e. The Balaban J connectivity index is 2.37. The molecule has 0 heterocycles. The summed E-state index contributed by atoms with van der Waals surface area (Å²) in [5.41, 5.74) is 2.97. The molecule has 1 nitrogen and oxygen atoms in total. The molecule has 2 rings (SSSR count). The van der Waals surface area contributed by atoms with Crippen molar-refractivity contribution in [3.63, 3.8) is 0 Å². The maximum absolute atomic E-state index is 12.4. The van der Waals surface area contributed by atoms with Crippen molar-refractivity contribution in [3.8, 4) is 0 Å². The first-order valence-corrected chi connectivity index (χ1v) is 5.80. The normalized spacial score (nSPS) is 24.0. The van der Waals surface area contributed by atoms with Crippen molar-refractivity contribution in [3.05, 3.63) is 47.5 Å². The molecule has 1 aliphatic carbocycles. The lowest BCUT2D eigenvalue weighted by molar-refractivity contribution is 0.0784. The van der Waals surface area contributed by atoms with Crippen LogP contribution in [0.25, 0.3) is 0 Å². The maximum atomic E-state index is 12.4. The summed E-state index contributed by atoms with van der Waals surface area (Å²) in [6, 6.07) is 7.97. The molecule has 0 spiro atoms. The van der Waals surface area contributed by atoms with Crippen LogP contribution in [0.2, 0.25) is 0 Å². The second-order valence-electron chi connectivity index (χ2n) is 5.18. The van der Waals surface area contributed by atoms with Gasteiger partial charge in [0.25, 0.3) is 0 Å². The third-order valence-corrected chi connectivity index (χ3v) is 3.45. The highest BCUT2D eigenvalue weighted by atomic mass is 16.1. The second-order valence-corrected chi connectivity index (χ2v) is 5.18. The fraction of sp³-hybridized carbons (Fsp3) is 0.400. The molecule has 16 heavy (non-hydrogen) atoms. The zero-order valence-electron chi connectivity index (χ0n) is 10.0. The molecule has 0 saturated heterocycles. The van der Waals surface area contributed by atoms with Gasteiger partial charge >= 0.3 is 0 Å². The van der Waals surface area contributed by atoms with Crippen LogP contribution in [0.5, 0.6) is 0 Å². The van der Waals surface area contributed by atoms with Gasteiger partial charge in [-0.25, -0.2) is 0 Å². The van der Waals surface area contributed by atoms with Crippen molar-refractivity contribution < 1.29 is 4.79 Å². The smallest absolute Gasteiger partial charge is 0.169 e. The van der Waals surface area contributed by atoms with Crippen molar-refractivity contribution in [2.45, 2.75) is 33.1 Å². The minimum absolute atomic E-state index is 0.236. The molecule has 1 heteroatoms. The summed E-state index contributed by atoms with van der Waals surface area (Å²) in [6.45, 7) is 8.00. The van der Waals surface area contributed by atoms with Crippen LogP contribution in [0, 0.1) is 5.41 Å². The number of ketones is 1. The number of allylic oxidation sites excluding steroid dienone is 1. The van der Waals surface area contributed by atoms with E-state index < -0.39 is 0 Å². The van der Waals surface area contributed by atoms with Gasteiger partial charge in [-0.15, -0.1) is 6.58 Å².